The third kappa shape index (κ3) is 4.55. The Labute approximate surface area is 135 Å². The highest BCUT2D eigenvalue weighted by Gasteiger charge is 2.26. The highest BCUT2D eigenvalue weighted by Crippen LogP contribution is 2.26. The molecule has 0 aliphatic heterocycles. The van der Waals surface area contributed by atoms with Crippen LogP contribution >= 0.6 is 11.3 Å². The highest BCUT2D eigenvalue weighted by atomic mass is 32.1. The van der Waals surface area contributed by atoms with E-state index in [-0.39, 0.29) is 23.8 Å². The topological polar surface area (TPSA) is 69.6 Å². The zero-order valence-electron chi connectivity index (χ0n) is 13.2. The largest absolute Gasteiger partial charge is 0.393 e. The van der Waals surface area contributed by atoms with Gasteiger partial charge in [-0.3, -0.25) is 9.59 Å². The summed E-state index contributed by atoms with van der Waals surface area (Å²) in [6, 6.07) is 3.68. The second kappa shape index (κ2) is 7.74. The van der Waals surface area contributed by atoms with Crippen LogP contribution in [0.25, 0.3) is 0 Å². The molecule has 22 heavy (non-hydrogen) atoms. The molecular formula is C16H24N2O3S. The number of aliphatic hydroxyl groups is 1. The summed E-state index contributed by atoms with van der Waals surface area (Å²) in [7, 11) is 1.79. The van der Waals surface area contributed by atoms with E-state index >= 15 is 0 Å². The van der Waals surface area contributed by atoms with Gasteiger partial charge >= 0.3 is 0 Å². The number of hydrogen-bond donors (Lipinski definition) is 2. The lowest BCUT2D eigenvalue weighted by molar-refractivity contribution is -0.119. The molecule has 0 bridgehead atoms. The second-order valence-corrected chi connectivity index (χ2v) is 7.14. The molecule has 2 unspecified atom stereocenters. The number of nitrogens with zero attached hydrogens (tertiary/aromatic N) is 1. The zero-order valence-corrected chi connectivity index (χ0v) is 14.0. The number of carbonyl (C=O) groups is 2. The molecule has 1 saturated carbocycles. The quantitative estimate of drug-likeness (QED) is 0.870. The Morgan fingerprint density at radius 1 is 1.36 bits per heavy atom. The first-order valence-corrected chi connectivity index (χ1v) is 8.55. The summed E-state index contributed by atoms with van der Waals surface area (Å²) in [6.07, 6.45) is 3.74. The summed E-state index contributed by atoms with van der Waals surface area (Å²) in [5, 5.41) is 12.7. The van der Waals surface area contributed by atoms with E-state index in [0.717, 1.165) is 30.6 Å². The second-order valence-electron chi connectivity index (χ2n) is 5.97. The van der Waals surface area contributed by atoms with Crippen LogP contribution in [-0.4, -0.2) is 41.5 Å². The van der Waals surface area contributed by atoms with Crippen LogP contribution < -0.4 is 5.32 Å². The number of nitrogens with one attached hydrogen (secondary N) is 1. The SMILES string of the molecule is CC(=O)NCc1ccc(C(=O)N(C)CC2CCCCC2O)s1. The van der Waals surface area contributed by atoms with Crippen LogP contribution in [0.2, 0.25) is 0 Å². The smallest absolute Gasteiger partial charge is 0.263 e. The van der Waals surface area contributed by atoms with E-state index in [4.69, 9.17) is 0 Å². The molecule has 1 aliphatic rings. The Bertz CT molecular complexity index is 529. The van der Waals surface area contributed by atoms with Crippen molar-refractivity contribution in [2.24, 2.45) is 5.92 Å². The number of aliphatic hydroxyl groups excluding tert-OH is 1. The maximum atomic E-state index is 12.4. The van der Waals surface area contributed by atoms with Crippen molar-refractivity contribution in [1.29, 1.82) is 0 Å². The summed E-state index contributed by atoms with van der Waals surface area (Å²) >= 11 is 1.41. The molecule has 1 heterocycles. The van der Waals surface area contributed by atoms with Crippen molar-refractivity contribution in [2.45, 2.75) is 45.3 Å². The van der Waals surface area contributed by atoms with Crippen LogP contribution in [0.1, 0.15) is 47.2 Å². The third-order valence-electron chi connectivity index (χ3n) is 4.11. The minimum atomic E-state index is -0.289. The van der Waals surface area contributed by atoms with Gasteiger partial charge in [0.25, 0.3) is 5.91 Å². The molecule has 2 rings (SSSR count). The number of amides is 2. The molecule has 2 atom stereocenters. The van der Waals surface area contributed by atoms with Gasteiger partial charge in [0.1, 0.15) is 0 Å². The molecule has 1 aliphatic carbocycles. The molecule has 1 aromatic heterocycles. The molecule has 0 radical (unpaired) electrons. The minimum absolute atomic E-state index is 0.0168. The van der Waals surface area contributed by atoms with E-state index in [0.29, 0.717) is 18.0 Å². The van der Waals surface area contributed by atoms with Gasteiger partial charge < -0.3 is 15.3 Å². The molecular weight excluding hydrogens is 300 g/mol. The Hall–Kier alpha value is -1.40. The van der Waals surface area contributed by atoms with Crippen LogP contribution in [-0.2, 0) is 11.3 Å². The molecule has 0 aromatic carbocycles. The highest BCUT2D eigenvalue weighted by molar-refractivity contribution is 7.14. The molecule has 1 aromatic rings. The van der Waals surface area contributed by atoms with Crippen LogP contribution in [0.5, 0.6) is 0 Å². The molecule has 2 N–H and O–H groups in total. The summed E-state index contributed by atoms with van der Waals surface area (Å²) < 4.78 is 0. The molecule has 0 saturated heterocycles. The summed E-state index contributed by atoms with van der Waals surface area (Å²) in [5.41, 5.74) is 0. The normalized spacial score (nSPS) is 21.4. The monoisotopic (exact) mass is 324 g/mol. The molecule has 122 valence electrons. The van der Waals surface area contributed by atoms with Gasteiger partial charge in [-0.05, 0) is 25.0 Å². The van der Waals surface area contributed by atoms with Gasteiger partial charge in [-0.25, -0.2) is 0 Å². The number of hydrogen-bond acceptors (Lipinski definition) is 4. The predicted octanol–water partition coefficient (Wildman–Crippen LogP) is 2.01. The standard InChI is InChI=1S/C16H24N2O3S/c1-11(19)17-9-13-7-8-15(22-13)16(21)18(2)10-12-5-3-4-6-14(12)20/h7-8,12,14,20H,3-6,9-10H2,1-2H3,(H,17,19). The van der Waals surface area contributed by atoms with Crippen LogP contribution in [0.15, 0.2) is 12.1 Å². The van der Waals surface area contributed by atoms with E-state index in [1.165, 1.54) is 18.3 Å². The first-order valence-electron chi connectivity index (χ1n) is 7.74. The molecule has 6 heteroatoms. The van der Waals surface area contributed by atoms with Crippen molar-refractivity contribution in [2.75, 3.05) is 13.6 Å². The van der Waals surface area contributed by atoms with Crippen molar-refractivity contribution in [1.82, 2.24) is 10.2 Å². The third-order valence-corrected chi connectivity index (χ3v) is 5.18. The lowest BCUT2D eigenvalue weighted by atomic mass is 9.86. The van der Waals surface area contributed by atoms with E-state index in [9.17, 15) is 14.7 Å². The van der Waals surface area contributed by atoms with E-state index < -0.39 is 0 Å². The Morgan fingerprint density at radius 2 is 2.09 bits per heavy atom. The van der Waals surface area contributed by atoms with Gasteiger partial charge in [-0.1, -0.05) is 12.8 Å². The van der Waals surface area contributed by atoms with Gasteiger partial charge in [0.05, 0.1) is 17.5 Å². The van der Waals surface area contributed by atoms with Crippen molar-refractivity contribution in [3.8, 4) is 0 Å². The van der Waals surface area contributed by atoms with Gasteiger partial charge in [0, 0.05) is 31.3 Å². The number of rotatable bonds is 5. The first kappa shape index (κ1) is 17.0. The molecule has 0 spiro atoms. The summed E-state index contributed by atoms with van der Waals surface area (Å²) in [5.74, 6) is 0.0861. The van der Waals surface area contributed by atoms with E-state index in [2.05, 4.69) is 5.32 Å². The number of thiophene rings is 1. The Kier molecular flexibility index (Phi) is 5.97. The van der Waals surface area contributed by atoms with Crippen LogP contribution in [0, 0.1) is 5.92 Å². The first-order chi connectivity index (χ1) is 10.5. The van der Waals surface area contributed by atoms with Gasteiger partial charge in [-0.2, -0.15) is 0 Å². The fraction of sp³-hybridized carbons (Fsp3) is 0.625. The lowest BCUT2D eigenvalue weighted by Gasteiger charge is -2.31. The predicted molar refractivity (Wildman–Crippen MR) is 86.8 cm³/mol. The van der Waals surface area contributed by atoms with Crippen molar-refractivity contribution < 1.29 is 14.7 Å². The average molecular weight is 324 g/mol. The van der Waals surface area contributed by atoms with Crippen molar-refractivity contribution in [3.63, 3.8) is 0 Å². The summed E-state index contributed by atoms with van der Waals surface area (Å²) in [6.45, 7) is 2.53. The summed E-state index contributed by atoms with van der Waals surface area (Å²) in [4.78, 5) is 26.7. The lowest BCUT2D eigenvalue weighted by Crippen LogP contribution is -2.37. The van der Waals surface area contributed by atoms with Gasteiger partial charge in [0.15, 0.2) is 0 Å². The fourth-order valence-corrected chi connectivity index (χ4v) is 3.77. The number of carbonyl (C=O) groups excluding carboxylic acids is 2. The average Bonchev–Trinajstić information content (AvgIpc) is 2.95. The fourth-order valence-electron chi connectivity index (χ4n) is 2.82. The van der Waals surface area contributed by atoms with Crippen LogP contribution in [0.4, 0.5) is 0 Å². The maximum Gasteiger partial charge on any atom is 0.263 e. The van der Waals surface area contributed by atoms with Gasteiger partial charge in [-0.15, -0.1) is 11.3 Å². The van der Waals surface area contributed by atoms with E-state index in [1.807, 2.05) is 6.07 Å². The van der Waals surface area contributed by atoms with Crippen molar-refractivity contribution in [3.05, 3.63) is 21.9 Å². The van der Waals surface area contributed by atoms with Crippen LogP contribution in [0.3, 0.4) is 0 Å². The minimum Gasteiger partial charge on any atom is -0.393 e. The van der Waals surface area contributed by atoms with Gasteiger partial charge in [0.2, 0.25) is 5.91 Å². The zero-order chi connectivity index (χ0) is 16.1. The molecule has 2 amide bonds. The maximum absolute atomic E-state index is 12.4. The van der Waals surface area contributed by atoms with Crippen molar-refractivity contribution >= 4 is 23.2 Å². The van der Waals surface area contributed by atoms with E-state index in [1.54, 1.807) is 18.0 Å². The molecule has 5 nitrogen and oxygen atoms in total. The Morgan fingerprint density at radius 3 is 2.77 bits per heavy atom. The Balaban J connectivity index is 1.91. The molecule has 1 fully saturated rings.